The fourth-order valence-electron chi connectivity index (χ4n) is 1.11. The quantitative estimate of drug-likeness (QED) is 0.457. The lowest BCUT2D eigenvalue weighted by Gasteiger charge is -2.00. The molecule has 0 unspecified atom stereocenters. The first-order chi connectivity index (χ1) is 5.15. The molecule has 0 aliphatic carbocycles. The Kier molecular flexibility index (Phi) is 2.09. The van der Waals surface area contributed by atoms with Gasteiger partial charge < -0.3 is 16.2 Å². The third-order valence-corrected chi connectivity index (χ3v) is 1.79. The summed E-state index contributed by atoms with van der Waals surface area (Å²) in [5, 5.41) is 10.8. The number of nitrogens with two attached hydrogens (primary N) is 1. The molecule has 1 heterocycles. The lowest BCUT2D eigenvalue weighted by molar-refractivity contribution is -0.140. The van der Waals surface area contributed by atoms with E-state index in [1.54, 1.807) is 0 Å². The van der Waals surface area contributed by atoms with Crippen LogP contribution in [0.5, 0.6) is 0 Å². The van der Waals surface area contributed by atoms with E-state index < -0.39 is 12.0 Å². The van der Waals surface area contributed by atoms with E-state index >= 15 is 0 Å². The van der Waals surface area contributed by atoms with E-state index in [-0.39, 0.29) is 18.4 Å². The Labute approximate surface area is 63.6 Å². The van der Waals surface area contributed by atoms with Crippen LogP contribution in [0.2, 0.25) is 0 Å². The van der Waals surface area contributed by atoms with Crippen LogP contribution in [0.25, 0.3) is 0 Å². The highest BCUT2D eigenvalue weighted by atomic mass is 16.4. The van der Waals surface area contributed by atoms with Crippen LogP contribution in [0.15, 0.2) is 0 Å². The molecule has 0 aromatic rings. The second-order valence-corrected chi connectivity index (χ2v) is 2.57. The van der Waals surface area contributed by atoms with Gasteiger partial charge in [0.15, 0.2) is 0 Å². The Balaban J connectivity index is 2.56. The van der Waals surface area contributed by atoms with E-state index in [9.17, 15) is 9.59 Å². The van der Waals surface area contributed by atoms with E-state index in [1.807, 2.05) is 0 Å². The summed E-state index contributed by atoms with van der Waals surface area (Å²) in [7, 11) is 0. The van der Waals surface area contributed by atoms with Gasteiger partial charge in [0.25, 0.3) is 0 Å². The van der Waals surface area contributed by atoms with Crippen LogP contribution in [-0.4, -0.2) is 29.6 Å². The summed E-state index contributed by atoms with van der Waals surface area (Å²) in [6.07, 6.45) is 0.310. The normalized spacial score (nSPS) is 30.1. The molecule has 0 bridgehead atoms. The van der Waals surface area contributed by atoms with Crippen LogP contribution < -0.4 is 11.1 Å². The largest absolute Gasteiger partial charge is 0.480 e. The van der Waals surface area contributed by atoms with E-state index in [4.69, 9.17) is 10.8 Å². The van der Waals surface area contributed by atoms with E-state index in [0.29, 0.717) is 6.42 Å². The minimum atomic E-state index is -0.991. The average Bonchev–Trinajstić information content (AvgIpc) is 2.31. The van der Waals surface area contributed by atoms with Crippen LogP contribution in [0.3, 0.4) is 0 Å². The molecule has 1 amide bonds. The molecule has 1 saturated heterocycles. The molecule has 2 atom stereocenters. The first-order valence-corrected chi connectivity index (χ1v) is 3.38. The van der Waals surface area contributed by atoms with Gasteiger partial charge in [-0.3, -0.25) is 4.79 Å². The van der Waals surface area contributed by atoms with Gasteiger partial charge in [-0.15, -0.1) is 0 Å². The first kappa shape index (κ1) is 8.00. The second-order valence-electron chi connectivity index (χ2n) is 2.57. The number of carboxylic acids is 1. The number of carboxylic acid groups (broad SMARTS) is 1. The zero-order valence-electron chi connectivity index (χ0n) is 5.91. The summed E-state index contributed by atoms with van der Waals surface area (Å²) in [4.78, 5) is 21.2. The molecule has 0 spiro atoms. The molecule has 0 saturated carbocycles. The molecular formula is C6H10N2O3. The van der Waals surface area contributed by atoms with Crippen molar-refractivity contribution in [1.82, 2.24) is 5.32 Å². The number of hydrogen-bond acceptors (Lipinski definition) is 3. The monoisotopic (exact) mass is 158 g/mol. The Morgan fingerprint density at radius 1 is 1.82 bits per heavy atom. The molecule has 1 fully saturated rings. The third kappa shape index (κ3) is 1.48. The molecule has 0 aromatic heterocycles. The van der Waals surface area contributed by atoms with Crippen LogP contribution in [0.4, 0.5) is 0 Å². The maximum Gasteiger partial charge on any atom is 0.326 e. The Morgan fingerprint density at radius 3 is 2.73 bits per heavy atom. The summed E-state index contributed by atoms with van der Waals surface area (Å²) in [5.41, 5.74) is 5.23. The average molecular weight is 158 g/mol. The maximum absolute atomic E-state index is 10.9. The van der Waals surface area contributed by atoms with Gasteiger partial charge in [0, 0.05) is 6.54 Å². The first-order valence-electron chi connectivity index (χ1n) is 3.38. The molecular weight excluding hydrogens is 148 g/mol. The molecule has 1 aliphatic heterocycles. The predicted octanol–water partition coefficient (Wildman–Crippen LogP) is -1.47. The zero-order valence-corrected chi connectivity index (χ0v) is 5.91. The third-order valence-electron chi connectivity index (χ3n) is 1.79. The molecule has 0 aromatic carbocycles. The van der Waals surface area contributed by atoms with E-state index in [2.05, 4.69) is 5.32 Å². The number of rotatable bonds is 2. The highest BCUT2D eigenvalue weighted by Crippen LogP contribution is 2.13. The van der Waals surface area contributed by atoms with Crippen LogP contribution in [-0.2, 0) is 9.59 Å². The Morgan fingerprint density at radius 2 is 2.45 bits per heavy atom. The van der Waals surface area contributed by atoms with Gasteiger partial charge in [-0.2, -0.15) is 0 Å². The highest BCUT2D eigenvalue weighted by molar-refractivity contribution is 5.89. The molecule has 5 heteroatoms. The SMILES string of the molecule is NC[C@@H]1C[C@@H](C(=O)O)NC1=O. The predicted molar refractivity (Wildman–Crippen MR) is 36.7 cm³/mol. The van der Waals surface area contributed by atoms with Crippen molar-refractivity contribution in [3.8, 4) is 0 Å². The van der Waals surface area contributed by atoms with Gasteiger partial charge in [0.1, 0.15) is 6.04 Å². The van der Waals surface area contributed by atoms with Gasteiger partial charge in [0.05, 0.1) is 5.92 Å². The summed E-state index contributed by atoms with van der Waals surface area (Å²) in [6, 6.07) is -0.740. The molecule has 62 valence electrons. The smallest absolute Gasteiger partial charge is 0.326 e. The summed E-state index contributed by atoms with van der Waals surface area (Å²) < 4.78 is 0. The lowest BCUT2D eigenvalue weighted by atomic mass is 10.1. The molecule has 0 radical (unpaired) electrons. The molecule has 1 rings (SSSR count). The van der Waals surface area contributed by atoms with Gasteiger partial charge in [-0.1, -0.05) is 0 Å². The zero-order chi connectivity index (χ0) is 8.43. The van der Waals surface area contributed by atoms with Crippen molar-refractivity contribution in [3.05, 3.63) is 0 Å². The number of nitrogens with one attached hydrogen (secondary N) is 1. The fourth-order valence-corrected chi connectivity index (χ4v) is 1.11. The van der Waals surface area contributed by atoms with Crippen LogP contribution in [0, 0.1) is 5.92 Å². The number of carbonyl (C=O) groups excluding carboxylic acids is 1. The minimum Gasteiger partial charge on any atom is -0.480 e. The summed E-state index contributed by atoms with van der Waals surface area (Å²) >= 11 is 0. The second kappa shape index (κ2) is 2.87. The lowest BCUT2D eigenvalue weighted by Crippen LogP contribution is -2.33. The summed E-state index contributed by atoms with van der Waals surface area (Å²) in [5.74, 6) is -1.56. The van der Waals surface area contributed by atoms with E-state index in [0.717, 1.165) is 0 Å². The number of amides is 1. The Bertz CT molecular complexity index is 192. The number of carbonyl (C=O) groups is 2. The standard InChI is InChI=1S/C6H10N2O3/c7-2-3-1-4(6(10)11)8-5(3)9/h3-4H,1-2,7H2,(H,8,9)(H,10,11)/t3-,4-/m0/s1. The van der Waals surface area contributed by atoms with Crippen molar-refractivity contribution in [2.75, 3.05) is 6.54 Å². The van der Waals surface area contributed by atoms with Crippen molar-refractivity contribution in [2.45, 2.75) is 12.5 Å². The van der Waals surface area contributed by atoms with Crippen molar-refractivity contribution in [3.63, 3.8) is 0 Å². The van der Waals surface area contributed by atoms with Gasteiger partial charge in [0.2, 0.25) is 5.91 Å². The summed E-state index contributed by atoms with van der Waals surface area (Å²) in [6.45, 7) is 0.218. The topological polar surface area (TPSA) is 92.4 Å². The van der Waals surface area contributed by atoms with Gasteiger partial charge in [-0.05, 0) is 6.42 Å². The van der Waals surface area contributed by atoms with Gasteiger partial charge in [-0.25, -0.2) is 4.79 Å². The number of hydrogen-bond donors (Lipinski definition) is 3. The van der Waals surface area contributed by atoms with Crippen molar-refractivity contribution in [2.24, 2.45) is 11.7 Å². The fraction of sp³-hybridized carbons (Fsp3) is 0.667. The molecule has 4 N–H and O–H groups in total. The van der Waals surface area contributed by atoms with Crippen molar-refractivity contribution in [1.29, 1.82) is 0 Å². The molecule has 1 aliphatic rings. The molecule has 5 nitrogen and oxygen atoms in total. The Hall–Kier alpha value is -1.10. The minimum absolute atomic E-state index is 0.218. The van der Waals surface area contributed by atoms with Crippen molar-refractivity contribution < 1.29 is 14.7 Å². The highest BCUT2D eigenvalue weighted by Gasteiger charge is 2.34. The maximum atomic E-state index is 10.9. The van der Waals surface area contributed by atoms with Crippen LogP contribution >= 0.6 is 0 Å². The van der Waals surface area contributed by atoms with Gasteiger partial charge >= 0.3 is 5.97 Å². The van der Waals surface area contributed by atoms with Crippen LogP contribution in [0.1, 0.15) is 6.42 Å². The number of aliphatic carboxylic acids is 1. The van der Waals surface area contributed by atoms with Crippen molar-refractivity contribution >= 4 is 11.9 Å². The molecule has 11 heavy (non-hydrogen) atoms. The van der Waals surface area contributed by atoms with E-state index in [1.165, 1.54) is 0 Å².